The third-order valence-corrected chi connectivity index (χ3v) is 5.47. The maximum absolute atomic E-state index is 12.7. The van der Waals surface area contributed by atoms with Gasteiger partial charge < -0.3 is 29.3 Å². The van der Waals surface area contributed by atoms with E-state index in [1.807, 2.05) is 30.3 Å². The molecule has 10 nitrogen and oxygen atoms in total. The molecule has 174 valence electrons. The number of para-hydroxylation sites is 1. The number of anilines is 2. The van der Waals surface area contributed by atoms with Gasteiger partial charge in [-0.2, -0.15) is 0 Å². The van der Waals surface area contributed by atoms with Crippen LogP contribution in [0.5, 0.6) is 17.2 Å². The van der Waals surface area contributed by atoms with Crippen LogP contribution >= 0.6 is 0 Å². The average molecular weight is 463 g/mol. The lowest BCUT2D eigenvalue weighted by Gasteiger charge is -2.13. The number of nitro groups is 1. The first-order valence-electron chi connectivity index (χ1n) is 10.6. The summed E-state index contributed by atoms with van der Waals surface area (Å²) in [6.45, 7) is 0.661. The van der Waals surface area contributed by atoms with Crippen molar-refractivity contribution in [3.05, 3.63) is 58.6 Å². The molecule has 1 aromatic heterocycles. The van der Waals surface area contributed by atoms with Gasteiger partial charge in [-0.1, -0.05) is 18.2 Å². The Kier molecular flexibility index (Phi) is 5.54. The molecular weight excluding hydrogens is 442 g/mol. The molecule has 5 rings (SSSR count). The van der Waals surface area contributed by atoms with Crippen LogP contribution in [-0.4, -0.2) is 37.7 Å². The molecule has 0 spiro atoms. The minimum Gasteiger partial charge on any atom is -0.495 e. The fourth-order valence-electron chi connectivity index (χ4n) is 3.88. The molecule has 4 aromatic rings. The van der Waals surface area contributed by atoms with Crippen molar-refractivity contribution in [2.24, 2.45) is 0 Å². The molecule has 0 radical (unpaired) electrons. The van der Waals surface area contributed by atoms with Crippen LogP contribution in [0.3, 0.4) is 0 Å². The zero-order valence-corrected chi connectivity index (χ0v) is 18.3. The second kappa shape index (κ2) is 8.81. The predicted molar refractivity (Wildman–Crippen MR) is 126 cm³/mol. The summed E-state index contributed by atoms with van der Waals surface area (Å²) in [5, 5.41) is 19.0. The largest absolute Gasteiger partial charge is 0.495 e. The van der Waals surface area contributed by atoms with Crippen molar-refractivity contribution in [1.29, 1.82) is 0 Å². The fraction of sp³-hybridized carbons (Fsp3) is 0.208. The van der Waals surface area contributed by atoms with Gasteiger partial charge in [-0.05, 0) is 12.1 Å². The Morgan fingerprint density at radius 1 is 1.03 bits per heavy atom. The summed E-state index contributed by atoms with van der Waals surface area (Å²) in [4.78, 5) is 23.6. The van der Waals surface area contributed by atoms with Crippen molar-refractivity contribution in [1.82, 2.24) is 0 Å². The van der Waals surface area contributed by atoms with Crippen LogP contribution in [0.2, 0.25) is 0 Å². The lowest BCUT2D eigenvalue weighted by Crippen LogP contribution is -2.22. The van der Waals surface area contributed by atoms with Crippen LogP contribution in [0.15, 0.2) is 52.9 Å². The molecule has 1 amide bonds. The van der Waals surface area contributed by atoms with Crippen LogP contribution < -0.4 is 24.8 Å². The van der Waals surface area contributed by atoms with Gasteiger partial charge >= 0.3 is 0 Å². The summed E-state index contributed by atoms with van der Waals surface area (Å²) in [5.74, 6) is 0.685. The molecule has 3 aromatic carbocycles. The van der Waals surface area contributed by atoms with Crippen LogP contribution in [0.4, 0.5) is 17.1 Å². The molecule has 0 fully saturated rings. The molecule has 0 atom stereocenters. The van der Waals surface area contributed by atoms with E-state index in [9.17, 15) is 14.9 Å². The summed E-state index contributed by atoms with van der Waals surface area (Å²) >= 11 is 0. The Morgan fingerprint density at radius 2 is 1.79 bits per heavy atom. The van der Waals surface area contributed by atoms with Crippen LogP contribution in [0, 0.1) is 10.1 Å². The number of fused-ring (bicyclic) bond motifs is 4. The van der Waals surface area contributed by atoms with Gasteiger partial charge in [-0.3, -0.25) is 14.9 Å². The summed E-state index contributed by atoms with van der Waals surface area (Å²) in [5.41, 5.74) is 1.69. The number of benzene rings is 3. The van der Waals surface area contributed by atoms with Crippen LogP contribution in [0.1, 0.15) is 6.42 Å². The van der Waals surface area contributed by atoms with Gasteiger partial charge in [0.05, 0.1) is 43.5 Å². The van der Waals surface area contributed by atoms with E-state index in [1.165, 1.54) is 19.2 Å². The van der Waals surface area contributed by atoms with E-state index in [2.05, 4.69) is 10.6 Å². The number of amides is 1. The van der Waals surface area contributed by atoms with E-state index in [0.29, 0.717) is 42.4 Å². The third-order valence-electron chi connectivity index (χ3n) is 5.47. The molecule has 0 saturated carbocycles. The van der Waals surface area contributed by atoms with Crippen molar-refractivity contribution in [2.45, 2.75) is 6.42 Å². The molecule has 2 N–H and O–H groups in total. The highest BCUT2D eigenvalue weighted by Crippen LogP contribution is 2.39. The first-order chi connectivity index (χ1) is 16.5. The van der Waals surface area contributed by atoms with E-state index < -0.39 is 10.8 Å². The van der Waals surface area contributed by atoms with Gasteiger partial charge in [-0.25, -0.2) is 0 Å². The second-order valence-corrected chi connectivity index (χ2v) is 7.67. The quantitative estimate of drug-likeness (QED) is 0.311. The maximum Gasteiger partial charge on any atom is 0.296 e. The second-order valence-electron chi connectivity index (χ2n) is 7.67. The van der Waals surface area contributed by atoms with Gasteiger partial charge in [0.25, 0.3) is 5.69 Å². The highest BCUT2D eigenvalue weighted by atomic mass is 16.6. The topological polar surface area (TPSA) is 125 Å². The monoisotopic (exact) mass is 463 g/mol. The van der Waals surface area contributed by atoms with Gasteiger partial charge in [0, 0.05) is 29.3 Å². The van der Waals surface area contributed by atoms with Crippen LogP contribution in [-0.2, 0) is 4.79 Å². The smallest absolute Gasteiger partial charge is 0.296 e. The van der Waals surface area contributed by atoms with E-state index in [4.69, 9.17) is 18.6 Å². The molecular formula is C24H21N3O7. The van der Waals surface area contributed by atoms with E-state index in [-0.39, 0.29) is 23.7 Å². The van der Waals surface area contributed by atoms with Gasteiger partial charge in [0.15, 0.2) is 11.5 Å². The predicted octanol–water partition coefficient (Wildman–Crippen LogP) is 4.71. The minimum absolute atomic E-state index is 0.0285. The van der Waals surface area contributed by atoms with Crippen molar-refractivity contribution in [3.63, 3.8) is 0 Å². The molecule has 2 heterocycles. The standard InChI is InChI=1S/C24H21N3O7/c1-31-21-9-15-14-5-2-3-6-19(14)34-20(15)11-17(21)25-13-24(28)26-16-10-22-23(12-18(16)27(29)30)33-8-4-7-32-22/h2-3,5-6,9-12,25H,4,7-8,13H2,1H3,(H,26,28). The molecule has 34 heavy (non-hydrogen) atoms. The number of nitrogens with zero attached hydrogens (tertiary/aromatic N) is 1. The Morgan fingerprint density at radius 3 is 2.56 bits per heavy atom. The van der Waals surface area contributed by atoms with Gasteiger partial charge in [-0.15, -0.1) is 0 Å². The number of methoxy groups -OCH3 is 1. The van der Waals surface area contributed by atoms with Crippen molar-refractivity contribution in [2.75, 3.05) is 37.5 Å². The van der Waals surface area contributed by atoms with Gasteiger partial charge in [0.1, 0.15) is 22.6 Å². The zero-order valence-electron chi connectivity index (χ0n) is 18.3. The number of hydrogen-bond donors (Lipinski definition) is 2. The molecule has 0 unspecified atom stereocenters. The number of nitrogens with one attached hydrogen (secondary N) is 2. The number of rotatable bonds is 6. The number of furan rings is 1. The summed E-state index contributed by atoms with van der Waals surface area (Å²) in [6, 6.07) is 13.9. The number of nitro benzene ring substituents is 1. The van der Waals surface area contributed by atoms with Gasteiger partial charge in [0.2, 0.25) is 5.91 Å². The minimum atomic E-state index is -0.573. The normalized spacial score (nSPS) is 12.9. The number of carbonyl (C=O) groups excluding carboxylic acids is 1. The fourth-order valence-corrected chi connectivity index (χ4v) is 3.88. The summed E-state index contributed by atoms with van der Waals surface area (Å²) in [6.07, 6.45) is 0.658. The Bertz CT molecular complexity index is 1410. The number of hydrogen-bond acceptors (Lipinski definition) is 8. The SMILES string of the molecule is COc1cc2c(cc1NCC(=O)Nc1cc3c(cc1[N+](=O)[O-])OCCCO3)oc1ccccc12. The van der Waals surface area contributed by atoms with Crippen molar-refractivity contribution >= 4 is 44.9 Å². The van der Waals surface area contributed by atoms with E-state index >= 15 is 0 Å². The molecule has 1 aliphatic heterocycles. The lowest BCUT2D eigenvalue weighted by molar-refractivity contribution is -0.384. The Labute approximate surface area is 193 Å². The van der Waals surface area contributed by atoms with E-state index in [0.717, 1.165) is 16.4 Å². The van der Waals surface area contributed by atoms with E-state index in [1.54, 1.807) is 6.07 Å². The first kappa shape index (κ1) is 21.4. The molecule has 1 aliphatic rings. The Hall–Kier alpha value is -4.47. The highest BCUT2D eigenvalue weighted by Gasteiger charge is 2.23. The first-order valence-corrected chi connectivity index (χ1v) is 10.6. The molecule has 0 aliphatic carbocycles. The van der Waals surface area contributed by atoms with Crippen LogP contribution in [0.25, 0.3) is 21.9 Å². The zero-order chi connectivity index (χ0) is 23.7. The van der Waals surface area contributed by atoms with Crippen molar-refractivity contribution in [3.8, 4) is 17.2 Å². The average Bonchev–Trinajstić information content (AvgIpc) is 3.03. The summed E-state index contributed by atoms with van der Waals surface area (Å²) in [7, 11) is 1.54. The third kappa shape index (κ3) is 4.01. The lowest BCUT2D eigenvalue weighted by atomic mass is 10.1. The number of ether oxygens (including phenoxy) is 3. The summed E-state index contributed by atoms with van der Waals surface area (Å²) < 4.78 is 22.5. The molecule has 10 heteroatoms. The van der Waals surface area contributed by atoms with Crippen molar-refractivity contribution < 1.29 is 28.3 Å². The maximum atomic E-state index is 12.7. The molecule has 0 bridgehead atoms. The molecule has 0 saturated heterocycles. The Balaban J connectivity index is 1.37. The highest BCUT2D eigenvalue weighted by molar-refractivity contribution is 6.07. The number of carbonyl (C=O) groups is 1.